The molecule has 2 aromatic carbocycles. The maximum Gasteiger partial charge on any atom is 0.322 e. The molecule has 2 aromatic rings. The topological polar surface area (TPSA) is 61.4 Å². The van der Waals surface area contributed by atoms with Gasteiger partial charge in [-0.1, -0.05) is 49.2 Å². The summed E-state index contributed by atoms with van der Waals surface area (Å²) in [4.78, 5) is 26.4. The Balaban J connectivity index is 1.23. The van der Waals surface area contributed by atoms with Crippen molar-refractivity contribution in [2.45, 2.75) is 45.2 Å². The number of nitrogens with one attached hydrogen (secondary N) is 2. The van der Waals surface area contributed by atoms with Crippen LogP contribution in [0.3, 0.4) is 0 Å². The third-order valence-electron chi connectivity index (χ3n) is 5.77. The Labute approximate surface area is 166 Å². The predicted molar refractivity (Wildman–Crippen MR) is 110 cm³/mol. The lowest BCUT2D eigenvalue weighted by atomic mass is 10.1. The van der Waals surface area contributed by atoms with Gasteiger partial charge in [0, 0.05) is 31.2 Å². The number of carbonyl (C=O) groups excluding carboxylic acids is 2. The molecular formula is C23H27N3O2. The fraction of sp³-hybridized carbons (Fsp3) is 0.391. The average molecular weight is 377 g/mol. The molecule has 0 unspecified atom stereocenters. The van der Waals surface area contributed by atoms with Gasteiger partial charge in [0.1, 0.15) is 0 Å². The highest BCUT2D eigenvalue weighted by Gasteiger charge is 2.23. The highest BCUT2D eigenvalue weighted by Crippen LogP contribution is 2.25. The van der Waals surface area contributed by atoms with Gasteiger partial charge in [-0.3, -0.25) is 4.79 Å². The van der Waals surface area contributed by atoms with Crippen molar-refractivity contribution in [1.82, 2.24) is 10.2 Å². The van der Waals surface area contributed by atoms with Gasteiger partial charge in [0.15, 0.2) is 0 Å². The molecule has 0 radical (unpaired) electrons. The zero-order chi connectivity index (χ0) is 19.3. The molecule has 4 rings (SSSR count). The van der Waals surface area contributed by atoms with Gasteiger partial charge in [0.2, 0.25) is 5.91 Å². The first-order chi connectivity index (χ1) is 13.7. The second-order valence-corrected chi connectivity index (χ2v) is 7.77. The lowest BCUT2D eigenvalue weighted by molar-refractivity contribution is -0.124. The summed E-state index contributed by atoms with van der Waals surface area (Å²) < 4.78 is 0. The summed E-state index contributed by atoms with van der Waals surface area (Å²) in [5, 5.41) is 6.02. The average Bonchev–Trinajstić information content (AvgIpc) is 3.39. The van der Waals surface area contributed by atoms with Gasteiger partial charge in [-0.05, 0) is 48.1 Å². The number of urea groups is 1. The number of hydrogen-bond donors (Lipinski definition) is 2. The van der Waals surface area contributed by atoms with E-state index in [1.54, 1.807) is 0 Å². The van der Waals surface area contributed by atoms with E-state index >= 15 is 0 Å². The molecule has 5 heteroatoms. The van der Waals surface area contributed by atoms with Crippen molar-refractivity contribution < 1.29 is 9.59 Å². The van der Waals surface area contributed by atoms with Crippen LogP contribution in [0, 0.1) is 5.92 Å². The number of anilines is 1. The van der Waals surface area contributed by atoms with Crippen molar-refractivity contribution in [3.8, 4) is 0 Å². The zero-order valence-corrected chi connectivity index (χ0v) is 16.1. The van der Waals surface area contributed by atoms with E-state index in [9.17, 15) is 9.59 Å². The van der Waals surface area contributed by atoms with Gasteiger partial charge in [-0.15, -0.1) is 0 Å². The molecule has 0 bridgehead atoms. The van der Waals surface area contributed by atoms with Crippen LogP contribution in [-0.2, 0) is 24.3 Å². The standard InChI is InChI=1S/C23H27N3O2/c27-22(18-5-1-2-6-18)24-14-13-17-9-11-21(12-10-17)25-23(28)26-15-19-7-3-4-8-20(19)16-26/h3-4,7-12,18H,1-2,5-6,13-16H2,(H,24,27)(H,25,28). The second kappa shape index (κ2) is 8.46. The Morgan fingerprint density at radius 3 is 2.21 bits per heavy atom. The minimum Gasteiger partial charge on any atom is -0.356 e. The Kier molecular flexibility index (Phi) is 5.60. The Bertz CT molecular complexity index is 816. The first kappa shape index (κ1) is 18.5. The molecule has 1 heterocycles. The smallest absolute Gasteiger partial charge is 0.322 e. The van der Waals surface area contributed by atoms with Crippen LogP contribution in [0.15, 0.2) is 48.5 Å². The van der Waals surface area contributed by atoms with E-state index in [0.29, 0.717) is 19.6 Å². The maximum atomic E-state index is 12.5. The number of hydrogen-bond acceptors (Lipinski definition) is 2. The molecule has 0 saturated heterocycles. The third-order valence-corrected chi connectivity index (χ3v) is 5.77. The van der Waals surface area contributed by atoms with Gasteiger partial charge in [0.25, 0.3) is 0 Å². The number of rotatable bonds is 5. The van der Waals surface area contributed by atoms with Crippen molar-refractivity contribution in [2.75, 3.05) is 11.9 Å². The predicted octanol–water partition coefficient (Wildman–Crippen LogP) is 4.08. The summed E-state index contributed by atoms with van der Waals surface area (Å²) in [5.74, 6) is 0.419. The SMILES string of the molecule is O=C(NCCc1ccc(NC(=O)N2Cc3ccccc3C2)cc1)C1CCCC1. The quantitative estimate of drug-likeness (QED) is 0.825. The van der Waals surface area contributed by atoms with E-state index in [1.807, 2.05) is 41.3 Å². The molecule has 1 saturated carbocycles. The molecular weight excluding hydrogens is 350 g/mol. The number of fused-ring (bicyclic) bond motifs is 1. The summed E-state index contributed by atoms with van der Waals surface area (Å²) in [5.41, 5.74) is 4.37. The lowest BCUT2D eigenvalue weighted by Gasteiger charge is -2.16. The van der Waals surface area contributed by atoms with Crippen molar-refractivity contribution in [2.24, 2.45) is 5.92 Å². The normalized spacial score (nSPS) is 16.1. The molecule has 2 N–H and O–H groups in total. The molecule has 1 aliphatic heterocycles. The molecule has 1 fully saturated rings. The van der Waals surface area contributed by atoms with Gasteiger partial charge in [-0.25, -0.2) is 4.79 Å². The van der Waals surface area contributed by atoms with Crippen molar-refractivity contribution >= 4 is 17.6 Å². The van der Waals surface area contributed by atoms with Gasteiger partial charge < -0.3 is 15.5 Å². The van der Waals surface area contributed by atoms with Gasteiger partial charge in [0.05, 0.1) is 0 Å². The molecule has 0 spiro atoms. The lowest BCUT2D eigenvalue weighted by Crippen LogP contribution is -2.31. The van der Waals surface area contributed by atoms with Crippen LogP contribution in [0.1, 0.15) is 42.4 Å². The van der Waals surface area contributed by atoms with Crippen LogP contribution in [-0.4, -0.2) is 23.4 Å². The molecule has 2 aliphatic rings. The highest BCUT2D eigenvalue weighted by molar-refractivity contribution is 5.89. The molecule has 3 amide bonds. The summed E-state index contributed by atoms with van der Waals surface area (Å²) in [6, 6.07) is 16.0. The van der Waals surface area contributed by atoms with Crippen LogP contribution in [0.25, 0.3) is 0 Å². The summed E-state index contributed by atoms with van der Waals surface area (Å²) in [6.07, 6.45) is 5.21. The summed E-state index contributed by atoms with van der Waals surface area (Å²) in [7, 11) is 0. The molecule has 0 atom stereocenters. The van der Waals surface area contributed by atoms with Crippen molar-refractivity contribution in [3.63, 3.8) is 0 Å². The third kappa shape index (κ3) is 4.35. The first-order valence-electron chi connectivity index (χ1n) is 10.2. The van der Waals surface area contributed by atoms with Crippen LogP contribution in [0.2, 0.25) is 0 Å². The fourth-order valence-electron chi connectivity index (χ4n) is 4.10. The number of amides is 3. The van der Waals surface area contributed by atoms with E-state index in [-0.39, 0.29) is 17.9 Å². The van der Waals surface area contributed by atoms with Crippen LogP contribution >= 0.6 is 0 Å². The van der Waals surface area contributed by atoms with E-state index in [1.165, 1.54) is 24.0 Å². The second-order valence-electron chi connectivity index (χ2n) is 7.77. The Morgan fingerprint density at radius 2 is 1.57 bits per heavy atom. The number of carbonyl (C=O) groups is 2. The summed E-state index contributed by atoms with van der Waals surface area (Å²) in [6.45, 7) is 1.97. The van der Waals surface area contributed by atoms with Crippen molar-refractivity contribution in [1.29, 1.82) is 0 Å². The summed E-state index contributed by atoms with van der Waals surface area (Å²) >= 11 is 0. The van der Waals surface area contributed by atoms with Crippen LogP contribution < -0.4 is 10.6 Å². The Hall–Kier alpha value is -2.82. The van der Waals surface area contributed by atoms with E-state index in [2.05, 4.69) is 22.8 Å². The van der Waals surface area contributed by atoms with Gasteiger partial charge in [-0.2, -0.15) is 0 Å². The monoisotopic (exact) mass is 377 g/mol. The zero-order valence-electron chi connectivity index (χ0n) is 16.1. The van der Waals surface area contributed by atoms with E-state index < -0.39 is 0 Å². The number of nitrogens with zero attached hydrogens (tertiary/aromatic N) is 1. The molecule has 1 aliphatic carbocycles. The van der Waals surface area contributed by atoms with E-state index in [0.717, 1.165) is 30.5 Å². The first-order valence-corrected chi connectivity index (χ1v) is 10.2. The maximum absolute atomic E-state index is 12.5. The fourth-order valence-corrected chi connectivity index (χ4v) is 4.10. The van der Waals surface area contributed by atoms with Gasteiger partial charge >= 0.3 is 6.03 Å². The van der Waals surface area contributed by atoms with Crippen LogP contribution in [0.4, 0.5) is 10.5 Å². The molecule has 28 heavy (non-hydrogen) atoms. The molecule has 146 valence electrons. The highest BCUT2D eigenvalue weighted by atomic mass is 16.2. The number of benzene rings is 2. The molecule has 0 aromatic heterocycles. The largest absolute Gasteiger partial charge is 0.356 e. The molecule has 5 nitrogen and oxygen atoms in total. The van der Waals surface area contributed by atoms with E-state index in [4.69, 9.17) is 0 Å². The minimum absolute atomic E-state index is 0.0761. The minimum atomic E-state index is -0.0761. The van der Waals surface area contributed by atoms with Crippen LogP contribution in [0.5, 0.6) is 0 Å². The van der Waals surface area contributed by atoms with Crippen molar-refractivity contribution in [3.05, 3.63) is 65.2 Å². The Morgan fingerprint density at radius 1 is 0.929 bits per heavy atom.